The van der Waals surface area contributed by atoms with Crippen molar-refractivity contribution in [2.24, 2.45) is 0 Å². The van der Waals surface area contributed by atoms with Crippen molar-refractivity contribution in [1.29, 1.82) is 0 Å². The fourth-order valence-corrected chi connectivity index (χ4v) is 3.71. The molecule has 1 aliphatic heterocycles. The average Bonchev–Trinajstić information content (AvgIpc) is 3.02. The van der Waals surface area contributed by atoms with Crippen molar-refractivity contribution in [3.05, 3.63) is 57.3 Å². The van der Waals surface area contributed by atoms with Crippen molar-refractivity contribution < 1.29 is 9.59 Å². The van der Waals surface area contributed by atoms with E-state index in [4.69, 9.17) is 0 Å². The van der Waals surface area contributed by atoms with Crippen LogP contribution in [0, 0.1) is 6.92 Å². The summed E-state index contributed by atoms with van der Waals surface area (Å²) in [5.41, 5.74) is 2.87. The topological polar surface area (TPSA) is 49.4 Å². The number of carbonyl (C=O) groups excluding carboxylic acids is 2. The molecule has 0 bridgehead atoms. The zero-order valence-electron chi connectivity index (χ0n) is 13.2. The van der Waals surface area contributed by atoms with Gasteiger partial charge in [-0.25, -0.2) is 0 Å². The van der Waals surface area contributed by atoms with E-state index in [0.29, 0.717) is 25.1 Å². The summed E-state index contributed by atoms with van der Waals surface area (Å²) in [6, 6.07) is 9.56. The van der Waals surface area contributed by atoms with Crippen molar-refractivity contribution in [1.82, 2.24) is 10.2 Å². The third-order valence-electron chi connectivity index (χ3n) is 4.17. The van der Waals surface area contributed by atoms with Crippen LogP contribution in [0.15, 0.2) is 35.7 Å². The van der Waals surface area contributed by atoms with Crippen LogP contribution in [-0.4, -0.2) is 29.8 Å². The number of amides is 2. The van der Waals surface area contributed by atoms with Gasteiger partial charge < -0.3 is 10.2 Å². The molecule has 2 aromatic rings. The molecule has 1 aliphatic rings. The van der Waals surface area contributed by atoms with Crippen molar-refractivity contribution in [2.75, 3.05) is 13.1 Å². The maximum Gasteiger partial charge on any atom is 0.251 e. The Labute approximate surface area is 140 Å². The maximum absolute atomic E-state index is 12.3. The monoisotopic (exact) mass is 328 g/mol. The van der Waals surface area contributed by atoms with Crippen LogP contribution < -0.4 is 5.32 Å². The third-order valence-corrected chi connectivity index (χ3v) is 5.20. The van der Waals surface area contributed by atoms with Crippen LogP contribution in [0.1, 0.15) is 32.8 Å². The molecule has 0 radical (unpaired) electrons. The second kappa shape index (κ2) is 6.96. The van der Waals surface area contributed by atoms with Crippen molar-refractivity contribution >= 4 is 23.2 Å². The molecule has 0 unspecified atom stereocenters. The number of benzene rings is 1. The largest absolute Gasteiger partial charge is 0.352 e. The second-order valence-corrected chi connectivity index (χ2v) is 6.76. The van der Waals surface area contributed by atoms with Gasteiger partial charge in [-0.15, -0.1) is 11.3 Å². The van der Waals surface area contributed by atoms with Crippen LogP contribution >= 0.6 is 11.3 Å². The Bertz CT molecular complexity index is 723. The molecule has 4 nitrogen and oxygen atoms in total. The summed E-state index contributed by atoms with van der Waals surface area (Å²) in [6.07, 6.45) is 1.28. The van der Waals surface area contributed by atoms with Gasteiger partial charge in [0.05, 0.1) is 0 Å². The molecule has 2 heterocycles. The van der Waals surface area contributed by atoms with E-state index >= 15 is 0 Å². The minimum atomic E-state index is -0.116. The number of nitrogens with one attached hydrogen (secondary N) is 1. The van der Waals surface area contributed by atoms with E-state index in [2.05, 4.69) is 16.8 Å². The van der Waals surface area contributed by atoms with Crippen LogP contribution in [0.25, 0.3) is 0 Å². The van der Waals surface area contributed by atoms with Crippen molar-refractivity contribution in [3.8, 4) is 0 Å². The first-order valence-corrected chi connectivity index (χ1v) is 8.70. The number of aryl methyl sites for hydroxylation is 1. The van der Waals surface area contributed by atoms with Crippen molar-refractivity contribution in [2.45, 2.75) is 26.3 Å². The minimum Gasteiger partial charge on any atom is -0.352 e. The molecule has 1 aromatic carbocycles. The molecule has 1 N–H and O–H groups in total. The lowest BCUT2D eigenvalue weighted by Gasteiger charge is -2.27. The summed E-state index contributed by atoms with van der Waals surface area (Å²) in [4.78, 5) is 27.7. The molecule has 120 valence electrons. The van der Waals surface area contributed by atoms with E-state index in [1.165, 1.54) is 10.4 Å². The molecule has 23 heavy (non-hydrogen) atoms. The first-order chi connectivity index (χ1) is 11.1. The minimum absolute atomic E-state index is 0.104. The lowest BCUT2D eigenvalue weighted by atomic mass is 10.1. The number of carbonyl (C=O) groups is 2. The van der Waals surface area contributed by atoms with E-state index in [9.17, 15) is 9.59 Å². The number of rotatable bonds is 4. The van der Waals surface area contributed by atoms with Gasteiger partial charge in [0, 0.05) is 36.5 Å². The molecule has 0 saturated heterocycles. The molecule has 0 aliphatic carbocycles. The Hall–Kier alpha value is -2.14. The molecule has 3 rings (SSSR count). The highest BCUT2D eigenvalue weighted by Crippen LogP contribution is 2.24. The fourth-order valence-electron chi connectivity index (χ4n) is 2.83. The summed E-state index contributed by atoms with van der Waals surface area (Å²) in [6.45, 7) is 3.76. The zero-order valence-corrected chi connectivity index (χ0v) is 14.0. The van der Waals surface area contributed by atoms with Crippen LogP contribution in [0.4, 0.5) is 0 Å². The van der Waals surface area contributed by atoms with Gasteiger partial charge in [-0.1, -0.05) is 18.2 Å². The van der Waals surface area contributed by atoms with E-state index in [-0.39, 0.29) is 11.8 Å². The normalized spacial score (nSPS) is 13.5. The summed E-state index contributed by atoms with van der Waals surface area (Å²) in [7, 11) is 0. The number of hydrogen-bond donors (Lipinski definition) is 1. The summed E-state index contributed by atoms with van der Waals surface area (Å²) >= 11 is 1.76. The van der Waals surface area contributed by atoms with Gasteiger partial charge in [0.1, 0.15) is 0 Å². The molecule has 1 aromatic heterocycles. The van der Waals surface area contributed by atoms with Crippen LogP contribution in [-0.2, 0) is 17.8 Å². The fraction of sp³-hybridized carbons (Fsp3) is 0.333. The van der Waals surface area contributed by atoms with E-state index in [1.54, 1.807) is 17.4 Å². The van der Waals surface area contributed by atoms with Crippen molar-refractivity contribution in [3.63, 3.8) is 0 Å². The van der Waals surface area contributed by atoms with Gasteiger partial charge in [-0.2, -0.15) is 0 Å². The summed E-state index contributed by atoms with van der Waals surface area (Å²) < 4.78 is 0. The van der Waals surface area contributed by atoms with E-state index in [0.717, 1.165) is 18.5 Å². The number of hydrogen-bond acceptors (Lipinski definition) is 3. The molecular weight excluding hydrogens is 308 g/mol. The number of thiophene rings is 1. The molecule has 0 spiro atoms. The Kier molecular flexibility index (Phi) is 4.76. The van der Waals surface area contributed by atoms with Gasteiger partial charge in [0.2, 0.25) is 5.91 Å². The highest BCUT2D eigenvalue weighted by atomic mass is 32.1. The van der Waals surface area contributed by atoms with Crippen LogP contribution in [0.5, 0.6) is 0 Å². The average molecular weight is 328 g/mol. The molecular formula is C18H20N2O2S. The summed E-state index contributed by atoms with van der Waals surface area (Å²) in [5, 5.41) is 4.92. The zero-order chi connectivity index (χ0) is 16.2. The predicted octanol–water partition coefficient (Wildman–Crippen LogP) is 2.76. The third kappa shape index (κ3) is 3.62. The molecule has 0 saturated carbocycles. The number of fused-ring (bicyclic) bond motifs is 1. The highest BCUT2D eigenvalue weighted by Gasteiger charge is 2.21. The smallest absolute Gasteiger partial charge is 0.251 e. The molecule has 5 heteroatoms. The molecule has 0 atom stereocenters. The maximum atomic E-state index is 12.3. The first kappa shape index (κ1) is 15.7. The predicted molar refractivity (Wildman–Crippen MR) is 91.6 cm³/mol. The van der Waals surface area contributed by atoms with Gasteiger partial charge in [0.25, 0.3) is 5.91 Å². The van der Waals surface area contributed by atoms with Gasteiger partial charge in [0.15, 0.2) is 0 Å². The quantitative estimate of drug-likeness (QED) is 0.938. The van der Waals surface area contributed by atoms with Crippen LogP contribution in [0.3, 0.4) is 0 Å². The van der Waals surface area contributed by atoms with Gasteiger partial charge >= 0.3 is 0 Å². The van der Waals surface area contributed by atoms with Gasteiger partial charge in [-0.05, 0) is 42.0 Å². The lowest BCUT2D eigenvalue weighted by molar-refractivity contribution is -0.131. The standard InChI is InChI=1S/C18H20N2O2S/c1-13-4-2-3-5-15(13)18(22)19-9-6-17(21)20-10-7-16-14(12-20)8-11-23-16/h2-5,8,11H,6-7,9-10,12H2,1H3,(H,19,22). The van der Waals surface area contributed by atoms with E-state index < -0.39 is 0 Å². The molecule has 0 fully saturated rings. The highest BCUT2D eigenvalue weighted by molar-refractivity contribution is 7.10. The Morgan fingerprint density at radius 3 is 2.91 bits per heavy atom. The Morgan fingerprint density at radius 2 is 2.09 bits per heavy atom. The molecule has 2 amide bonds. The Morgan fingerprint density at radius 1 is 1.26 bits per heavy atom. The van der Waals surface area contributed by atoms with Crippen LogP contribution in [0.2, 0.25) is 0 Å². The number of nitrogens with zero attached hydrogens (tertiary/aromatic N) is 1. The van der Waals surface area contributed by atoms with Gasteiger partial charge in [-0.3, -0.25) is 9.59 Å². The lowest BCUT2D eigenvalue weighted by Crippen LogP contribution is -2.37. The Balaban J connectivity index is 1.48. The second-order valence-electron chi connectivity index (χ2n) is 5.76. The summed E-state index contributed by atoms with van der Waals surface area (Å²) in [5.74, 6) is -0.0124. The van der Waals surface area contributed by atoms with E-state index in [1.807, 2.05) is 30.0 Å². The SMILES string of the molecule is Cc1ccccc1C(=O)NCCC(=O)N1CCc2sccc2C1. The first-order valence-electron chi connectivity index (χ1n) is 7.82.